The third-order valence-corrected chi connectivity index (χ3v) is 4.22. The van der Waals surface area contributed by atoms with E-state index >= 15 is 0 Å². The smallest absolute Gasteiger partial charge is 0.273 e. The average molecular weight is 312 g/mol. The highest BCUT2D eigenvalue weighted by molar-refractivity contribution is 5.92. The Kier molecular flexibility index (Phi) is 4.20. The summed E-state index contributed by atoms with van der Waals surface area (Å²) in [6.07, 6.45) is 4.96. The maximum atomic E-state index is 12.5. The Labute approximate surface area is 137 Å². The van der Waals surface area contributed by atoms with E-state index in [1.807, 2.05) is 39.0 Å². The van der Waals surface area contributed by atoms with Crippen LogP contribution in [0.15, 0.2) is 36.5 Å². The number of aromatic nitrogens is 3. The van der Waals surface area contributed by atoms with E-state index in [-0.39, 0.29) is 17.5 Å². The third kappa shape index (κ3) is 3.97. The zero-order chi connectivity index (χ0) is 16.4. The van der Waals surface area contributed by atoms with E-state index in [1.165, 1.54) is 18.4 Å². The van der Waals surface area contributed by atoms with Crippen LogP contribution in [0, 0.1) is 5.92 Å². The average Bonchev–Trinajstić information content (AvgIpc) is 3.22. The number of carbonyl (C=O) groups is 1. The van der Waals surface area contributed by atoms with E-state index in [9.17, 15) is 4.79 Å². The van der Waals surface area contributed by atoms with Gasteiger partial charge in [0.05, 0.1) is 11.7 Å². The highest BCUT2D eigenvalue weighted by Gasteiger charge is 2.33. The summed E-state index contributed by atoms with van der Waals surface area (Å²) in [5.41, 5.74) is 1.47. The summed E-state index contributed by atoms with van der Waals surface area (Å²) in [5, 5.41) is 11.2. The van der Waals surface area contributed by atoms with Crippen LogP contribution in [0.1, 0.15) is 49.7 Å². The lowest BCUT2D eigenvalue weighted by Gasteiger charge is -2.18. The molecule has 1 heterocycles. The van der Waals surface area contributed by atoms with Crippen molar-refractivity contribution >= 4 is 5.91 Å². The van der Waals surface area contributed by atoms with Crippen molar-refractivity contribution in [2.45, 2.75) is 51.6 Å². The number of benzene rings is 1. The van der Waals surface area contributed by atoms with Crippen molar-refractivity contribution in [1.82, 2.24) is 20.3 Å². The van der Waals surface area contributed by atoms with Crippen molar-refractivity contribution in [2.75, 3.05) is 0 Å². The van der Waals surface area contributed by atoms with Gasteiger partial charge in [0.2, 0.25) is 0 Å². The highest BCUT2D eigenvalue weighted by atomic mass is 16.2. The van der Waals surface area contributed by atoms with Gasteiger partial charge in [-0.1, -0.05) is 35.5 Å². The number of carbonyl (C=O) groups excluding carboxylic acids is 1. The maximum absolute atomic E-state index is 12.5. The van der Waals surface area contributed by atoms with Gasteiger partial charge in [-0.2, -0.15) is 0 Å². The number of hydrogen-bond acceptors (Lipinski definition) is 3. The first-order valence-corrected chi connectivity index (χ1v) is 8.21. The van der Waals surface area contributed by atoms with Crippen molar-refractivity contribution in [3.63, 3.8) is 0 Å². The zero-order valence-electron chi connectivity index (χ0n) is 14.0. The fraction of sp³-hybridized carbons (Fsp3) is 0.500. The van der Waals surface area contributed by atoms with E-state index in [0.29, 0.717) is 11.6 Å². The van der Waals surface area contributed by atoms with E-state index in [0.717, 1.165) is 6.42 Å². The Morgan fingerprint density at radius 1 is 1.30 bits per heavy atom. The largest absolute Gasteiger partial charge is 0.347 e. The summed E-state index contributed by atoms with van der Waals surface area (Å²) >= 11 is 0. The van der Waals surface area contributed by atoms with Crippen LogP contribution < -0.4 is 5.32 Å². The molecule has 0 radical (unpaired) electrons. The van der Waals surface area contributed by atoms with Gasteiger partial charge in [-0.3, -0.25) is 4.79 Å². The van der Waals surface area contributed by atoms with Gasteiger partial charge in [0, 0.05) is 6.04 Å². The number of nitrogens with zero attached hydrogens (tertiary/aromatic N) is 3. The van der Waals surface area contributed by atoms with Crippen molar-refractivity contribution in [3.05, 3.63) is 47.8 Å². The first kappa shape index (κ1) is 15.7. The molecule has 0 aliphatic heterocycles. The first-order valence-electron chi connectivity index (χ1n) is 8.21. The second kappa shape index (κ2) is 6.14. The van der Waals surface area contributed by atoms with Crippen LogP contribution >= 0.6 is 0 Å². The first-order chi connectivity index (χ1) is 10.9. The monoisotopic (exact) mass is 312 g/mol. The molecule has 1 fully saturated rings. The minimum Gasteiger partial charge on any atom is -0.347 e. The van der Waals surface area contributed by atoms with Crippen molar-refractivity contribution in [2.24, 2.45) is 5.92 Å². The second-order valence-electron chi connectivity index (χ2n) is 7.33. The summed E-state index contributed by atoms with van der Waals surface area (Å²) in [5.74, 6) is 0.449. The van der Waals surface area contributed by atoms with Crippen LogP contribution in [0.2, 0.25) is 0 Å². The summed E-state index contributed by atoms with van der Waals surface area (Å²) < 4.78 is 1.73. The van der Waals surface area contributed by atoms with Gasteiger partial charge in [-0.15, -0.1) is 5.10 Å². The van der Waals surface area contributed by atoms with E-state index in [2.05, 4.69) is 27.8 Å². The quantitative estimate of drug-likeness (QED) is 0.923. The minimum atomic E-state index is -0.175. The molecule has 0 saturated heterocycles. The molecule has 1 unspecified atom stereocenters. The topological polar surface area (TPSA) is 59.8 Å². The Morgan fingerprint density at radius 3 is 2.57 bits per heavy atom. The SMILES string of the molecule is CC(C)(C)n1cc(C(=O)NC(Cc2ccccc2)C2CC2)nn1. The maximum Gasteiger partial charge on any atom is 0.273 e. The molecule has 1 aromatic heterocycles. The van der Waals surface area contributed by atoms with Gasteiger partial charge in [-0.05, 0) is 51.5 Å². The molecule has 2 aromatic rings. The van der Waals surface area contributed by atoms with Gasteiger partial charge >= 0.3 is 0 Å². The molecule has 1 aliphatic rings. The van der Waals surface area contributed by atoms with Crippen LogP contribution in [0.4, 0.5) is 0 Å². The van der Waals surface area contributed by atoms with Gasteiger partial charge in [0.15, 0.2) is 5.69 Å². The fourth-order valence-electron chi connectivity index (χ4n) is 2.64. The molecular weight excluding hydrogens is 288 g/mol. The molecule has 0 spiro atoms. The van der Waals surface area contributed by atoms with Crippen molar-refractivity contribution in [1.29, 1.82) is 0 Å². The fourth-order valence-corrected chi connectivity index (χ4v) is 2.64. The zero-order valence-corrected chi connectivity index (χ0v) is 14.0. The normalized spacial score (nSPS) is 16.1. The number of rotatable bonds is 5. The van der Waals surface area contributed by atoms with Gasteiger partial charge < -0.3 is 5.32 Å². The predicted molar refractivity (Wildman–Crippen MR) is 89.1 cm³/mol. The third-order valence-electron chi connectivity index (χ3n) is 4.22. The van der Waals surface area contributed by atoms with Crippen molar-refractivity contribution in [3.8, 4) is 0 Å². The Balaban J connectivity index is 1.68. The molecular formula is C18H24N4O. The van der Waals surface area contributed by atoms with Crippen LogP contribution in [0.25, 0.3) is 0 Å². The number of amides is 1. The Morgan fingerprint density at radius 2 is 2.00 bits per heavy atom. The molecule has 1 aromatic carbocycles. The summed E-state index contributed by atoms with van der Waals surface area (Å²) in [6, 6.07) is 10.5. The molecule has 5 heteroatoms. The molecule has 5 nitrogen and oxygen atoms in total. The molecule has 3 rings (SSSR count). The van der Waals surface area contributed by atoms with Crippen molar-refractivity contribution < 1.29 is 4.79 Å². The molecule has 23 heavy (non-hydrogen) atoms. The van der Waals surface area contributed by atoms with Crippen LogP contribution in [-0.2, 0) is 12.0 Å². The minimum absolute atomic E-state index is 0.131. The summed E-state index contributed by atoms with van der Waals surface area (Å²) in [4.78, 5) is 12.5. The lowest BCUT2D eigenvalue weighted by Crippen LogP contribution is -2.38. The molecule has 1 saturated carbocycles. The molecule has 1 N–H and O–H groups in total. The molecule has 0 bridgehead atoms. The van der Waals surface area contributed by atoms with Crippen LogP contribution in [-0.4, -0.2) is 26.9 Å². The van der Waals surface area contributed by atoms with E-state index in [1.54, 1.807) is 10.9 Å². The lowest BCUT2D eigenvalue weighted by molar-refractivity contribution is 0.0926. The lowest BCUT2D eigenvalue weighted by atomic mass is 10.0. The van der Waals surface area contributed by atoms with Gasteiger partial charge in [0.1, 0.15) is 0 Å². The summed E-state index contributed by atoms with van der Waals surface area (Å²) in [6.45, 7) is 6.10. The summed E-state index contributed by atoms with van der Waals surface area (Å²) in [7, 11) is 0. The van der Waals surface area contributed by atoms with Gasteiger partial charge in [0.25, 0.3) is 5.91 Å². The van der Waals surface area contributed by atoms with Crippen LogP contribution in [0.5, 0.6) is 0 Å². The molecule has 122 valence electrons. The molecule has 1 aliphatic carbocycles. The van der Waals surface area contributed by atoms with Gasteiger partial charge in [-0.25, -0.2) is 4.68 Å². The van der Waals surface area contributed by atoms with Crippen LogP contribution in [0.3, 0.4) is 0 Å². The Bertz CT molecular complexity index is 668. The second-order valence-corrected chi connectivity index (χ2v) is 7.33. The number of nitrogens with one attached hydrogen (secondary N) is 1. The number of hydrogen-bond donors (Lipinski definition) is 1. The standard InChI is InChI=1S/C18H24N4O/c1-18(2,3)22-12-16(20-21-22)17(23)19-15(14-9-10-14)11-13-7-5-4-6-8-13/h4-8,12,14-15H,9-11H2,1-3H3,(H,19,23). The molecule has 1 amide bonds. The van der Waals surface area contributed by atoms with E-state index < -0.39 is 0 Å². The predicted octanol–water partition coefficient (Wildman–Crippen LogP) is 2.78. The highest BCUT2D eigenvalue weighted by Crippen LogP contribution is 2.34. The molecule has 1 atom stereocenters. The Hall–Kier alpha value is -2.17. The van der Waals surface area contributed by atoms with E-state index in [4.69, 9.17) is 0 Å².